The predicted molar refractivity (Wildman–Crippen MR) is 126 cm³/mol. The Labute approximate surface area is 205 Å². The van der Waals surface area contributed by atoms with Gasteiger partial charge in [-0.15, -0.1) is 0 Å². The Balaban J connectivity index is 1.59. The number of alkyl halides is 3. The van der Waals surface area contributed by atoms with Crippen LogP contribution in [0.3, 0.4) is 0 Å². The van der Waals surface area contributed by atoms with Crippen LogP contribution in [-0.4, -0.2) is 34.8 Å². The van der Waals surface area contributed by atoms with Crippen molar-refractivity contribution in [1.29, 1.82) is 5.26 Å². The fourth-order valence-electron chi connectivity index (χ4n) is 3.96. The summed E-state index contributed by atoms with van der Waals surface area (Å²) in [6.07, 6.45) is 1.11. The number of pyridine rings is 1. The zero-order valence-electron chi connectivity index (χ0n) is 18.9. The van der Waals surface area contributed by atoms with E-state index in [2.05, 4.69) is 4.98 Å². The third-order valence-electron chi connectivity index (χ3n) is 5.84. The lowest BCUT2D eigenvalue weighted by Gasteiger charge is -2.29. The number of ether oxygens (including phenoxy) is 2. The number of carbonyl (C=O) groups is 1. The lowest BCUT2D eigenvalue weighted by atomic mass is 10.0. The highest BCUT2D eigenvalue weighted by molar-refractivity contribution is 7.81. The van der Waals surface area contributed by atoms with Crippen LogP contribution in [0.5, 0.6) is 5.88 Å². The molecule has 2 aromatic rings. The van der Waals surface area contributed by atoms with Gasteiger partial charge < -0.3 is 14.4 Å². The molecule has 2 fully saturated rings. The fourth-order valence-corrected chi connectivity index (χ4v) is 4.48. The minimum absolute atomic E-state index is 0.00516. The molecule has 1 atom stereocenters. The molecule has 0 spiro atoms. The van der Waals surface area contributed by atoms with Gasteiger partial charge in [-0.1, -0.05) is 0 Å². The number of hydrogen-bond donors (Lipinski definition) is 0. The second kappa shape index (κ2) is 9.28. The molecule has 2 aliphatic rings. The summed E-state index contributed by atoms with van der Waals surface area (Å²) in [5, 5.41) is 9.05. The van der Waals surface area contributed by atoms with Gasteiger partial charge in [-0.05, 0) is 62.8 Å². The summed E-state index contributed by atoms with van der Waals surface area (Å²) in [6, 6.07) is 7.87. The molecule has 182 valence electrons. The molecule has 4 rings (SSSR count). The number of nitrogens with zero attached hydrogens (tertiary/aromatic N) is 4. The fraction of sp³-hybridized carbons (Fsp3) is 0.333. The second-order valence-corrected chi connectivity index (χ2v) is 8.95. The van der Waals surface area contributed by atoms with E-state index in [9.17, 15) is 18.0 Å². The summed E-state index contributed by atoms with van der Waals surface area (Å²) in [7, 11) is 0. The van der Waals surface area contributed by atoms with Crippen molar-refractivity contribution in [2.75, 3.05) is 23.0 Å². The Bertz CT molecular complexity index is 1220. The van der Waals surface area contributed by atoms with E-state index in [4.69, 9.17) is 27.0 Å². The Kier molecular flexibility index (Phi) is 6.53. The van der Waals surface area contributed by atoms with Crippen LogP contribution in [-0.2, 0) is 15.7 Å². The van der Waals surface area contributed by atoms with E-state index in [1.165, 1.54) is 23.2 Å². The Morgan fingerprint density at radius 2 is 2.03 bits per heavy atom. The molecule has 11 heteroatoms. The summed E-state index contributed by atoms with van der Waals surface area (Å²) < 4.78 is 51.3. The Morgan fingerprint density at radius 1 is 1.29 bits per heavy atom. The van der Waals surface area contributed by atoms with Gasteiger partial charge in [-0.2, -0.15) is 18.4 Å². The monoisotopic (exact) mass is 502 g/mol. The van der Waals surface area contributed by atoms with Gasteiger partial charge in [0.15, 0.2) is 5.11 Å². The maximum Gasteiger partial charge on any atom is 0.417 e. The molecule has 0 aliphatic carbocycles. The minimum atomic E-state index is -4.76. The number of thiocarbonyl (C=S) groups is 1. The van der Waals surface area contributed by atoms with Crippen molar-refractivity contribution in [2.45, 2.75) is 32.0 Å². The van der Waals surface area contributed by atoms with Gasteiger partial charge in [0.05, 0.1) is 47.6 Å². The van der Waals surface area contributed by atoms with Crippen LogP contribution in [0.4, 0.5) is 24.5 Å². The summed E-state index contributed by atoms with van der Waals surface area (Å²) in [4.78, 5) is 20.1. The molecule has 1 aromatic heterocycles. The molecular formula is C24H21F3N4O3S. The van der Waals surface area contributed by atoms with Gasteiger partial charge >= 0.3 is 6.18 Å². The van der Waals surface area contributed by atoms with Crippen molar-refractivity contribution in [1.82, 2.24) is 4.98 Å². The minimum Gasteiger partial charge on any atom is -0.447 e. The molecule has 2 aliphatic heterocycles. The second-order valence-electron chi connectivity index (χ2n) is 8.58. The maximum absolute atomic E-state index is 13.5. The van der Waals surface area contributed by atoms with Crippen molar-refractivity contribution in [3.8, 4) is 11.9 Å². The van der Waals surface area contributed by atoms with Gasteiger partial charge in [0.2, 0.25) is 5.88 Å². The van der Waals surface area contributed by atoms with Crippen molar-refractivity contribution < 1.29 is 27.4 Å². The highest BCUT2D eigenvalue weighted by Crippen LogP contribution is 2.39. The number of amides is 1. The number of nitriles is 1. The smallest absolute Gasteiger partial charge is 0.417 e. The number of carbonyl (C=O) groups excluding carboxylic acids is 1. The molecule has 0 saturated carbocycles. The van der Waals surface area contributed by atoms with E-state index < -0.39 is 28.7 Å². The Hall–Kier alpha value is -3.49. The van der Waals surface area contributed by atoms with Gasteiger partial charge in [-0.3, -0.25) is 9.69 Å². The molecule has 1 aromatic carbocycles. The number of aromatic nitrogens is 1. The first-order valence-electron chi connectivity index (χ1n) is 10.7. The summed E-state index contributed by atoms with van der Waals surface area (Å²) >= 11 is 5.52. The first kappa shape index (κ1) is 24.6. The summed E-state index contributed by atoms with van der Waals surface area (Å²) in [5.74, 6) is 0.119. The van der Waals surface area contributed by atoms with Crippen molar-refractivity contribution in [3.05, 3.63) is 60.0 Å². The lowest BCUT2D eigenvalue weighted by molar-refractivity contribution is -0.137. The van der Waals surface area contributed by atoms with E-state index in [1.807, 2.05) is 6.08 Å². The number of rotatable bonds is 5. The molecule has 3 heterocycles. The maximum atomic E-state index is 13.5. The van der Waals surface area contributed by atoms with Crippen LogP contribution < -0.4 is 14.5 Å². The number of hydrogen-bond acceptors (Lipinski definition) is 6. The topological polar surface area (TPSA) is 78.7 Å². The molecule has 0 bridgehead atoms. The first-order valence-corrected chi connectivity index (χ1v) is 11.1. The van der Waals surface area contributed by atoms with Crippen molar-refractivity contribution in [2.24, 2.45) is 5.92 Å². The molecule has 1 unspecified atom stereocenters. The number of benzene rings is 1. The first-order chi connectivity index (χ1) is 16.5. The third kappa shape index (κ3) is 4.72. The van der Waals surface area contributed by atoms with Gasteiger partial charge in [-0.25, -0.2) is 4.98 Å². The largest absolute Gasteiger partial charge is 0.447 e. The van der Waals surface area contributed by atoms with Gasteiger partial charge in [0, 0.05) is 18.6 Å². The zero-order chi connectivity index (χ0) is 25.4. The highest BCUT2D eigenvalue weighted by Gasteiger charge is 2.50. The van der Waals surface area contributed by atoms with Crippen molar-refractivity contribution in [3.63, 3.8) is 0 Å². The average molecular weight is 503 g/mol. The summed E-state index contributed by atoms with van der Waals surface area (Å²) in [6.45, 7) is 4.62. The molecule has 35 heavy (non-hydrogen) atoms. The molecule has 2 saturated heterocycles. The van der Waals surface area contributed by atoms with Gasteiger partial charge in [0.1, 0.15) is 5.54 Å². The SMILES string of the molecule is CC1(C)C(=O)N(c2ccc(C#N)c(C(F)(F)F)c2)C(=S)N1c1ccc(O/C=C/C2CCOC2)nc1. The van der Waals surface area contributed by atoms with Crippen molar-refractivity contribution >= 4 is 34.6 Å². The molecular weight excluding hydrogens is 481 g/mol. The number of anilines is 2. The van der Waals surface area contributed by atoms with Gasteiger partial charge in [0.25, 0.3) is 5.91 Å². The van der Waals surface area contributed by atoms with Crippen LogP contribution in [0.2, 0.25) is 0 Å². The molecule has 1 amide bonds. The lowest BCUT2D eigenvalue weighted by Crippen LogP contribution is -2.44. The molecule has 0 N–H and O–H groups in total. The van der Waals surface area contributed by atoms with E-state index in [0.717, 1.165) is 30.1 Å². The highest BCUT2D eigenvalue weighted by atomic mass is 32.1. The van der Waals surface area contributed by atoms with E-state index in [1.54, 1.807) is 32.2 Å². The normalized spacial score (nSPS) is 20.1. The van der Waals surface area contributed by atoms with E-state index in [-0.39, 0.29) is 10.8 Å². The zero-order valence-corrected chi connectivity index (χ0v) is 19.7. The van der Waals surface area contributed by atoms with Crippen LogP contribution in [0, 0.1) is 17.2 Å². The van der Waals surface area contributed by atoms with Crippen LogP contribution >= 0.6 is 12.2 Å². The summed E-state index contributed by atoms with van der Waals surface area (Å²) in [5.41, 5.74) is -2.47. The molecule has 0 radical (unpaired) electrons. The predicted octanol–water partition coefficient (Wildman–Crippen LogP) is 4.82. The molecule has 7 nitrogen and oxygen atoms in total. The Morgan fingerprint density at radius 3 is 2.63 bits per heavy atom. The van der Waals surface area contributed by atoms with E-state index in [0.29, 0.717) is 24.1 Å². The van der Waals surface area contributed by atoms with E-state index >= 15 is 0 Å². The van der Waals surface area contributed by atoms with Crippen LogP contribution in [0.1, 0.15) is 31.4 Å². The average Bonchev–Trinajstić information content (AvgIpc) is 3.38. The standard InChI is InChI=1S/C24H21F3N4O3S/c1-23(2)21(32)30(17-4-3-16(12-28)19(11-17)24(25,26)27)22(35)31(23)18-5-6-20(29-13-18)34-10-8-15-7-9-33-14-15/h3-6,8,10-11,13,15H,7,9,14H2,1-2H3/b10-8+. The van der Waals surface area contributed by atoms with Crippen LogP contribution in [0.25, 0.3) is 0 Å². The number of halogens is 3. The van der Waals surface area contributed by atoms with Crippen LogP contribution in [0.15, 0.2) is 48.9 Å². The third-order valence-corrected chi connectivity index (χ3v) is 6.20. The quantitative estimate of drug-likeness (QED) is 0.429.